The number of nitrogens with one attached hydrogen (secondary N) is 1. The van der Waals surface area contributed by atoms with Crippen molar-refractivity contribution in [2.45, 2.75) is 0 Å². The summed E-state index contributed by atoms with van der Waals surface area (Å²) in [6.45, 7) is -0.468. The largest absolute Gasteiger partial charge is 0.452 e. The van der Waals surface area contributed by atoms with Crippen molar-refractivity contribution in [3.05, 3.63) is 57.3 Å². The van der Waals surface area contributed by atoms with Crippen molar-refractivity contribution in [1.82, 2.24) is 4.98 Å². The maximum absolute atomic E-state index is 11.8. The zero-order valence-electron chi connectivity index (χ0n) is 11.0. The van der Waals surface area contributed by atoms with Crippen LogP contribution in [-0.4, -0.2) is 23.5 Å². The molecule has 22 heavy (non-hydrogen) atoms. The van der Waals surface area contributed by atoms with Gasteiger partial charge in [0.05, 0.1) is 26.3 Å². The van der Waals surface area contributed by atoms with Gasteiger partial charge in [-0.05, 0) is 24.3 Å². The van der Waals surface area contributed by atoms with Gasteiger partial charge in [0, 0.05) is 12.4 Å². The van der Waals surface area contributed by atoms with E-state index in [0.29, 0.717) is 0 Å². The minimum absolute atomic E-state index is 0.223. The minimum Gasteiger partial charge on any atom is -0.452 e. The number of nitrogens with zero attached hydrogens (tertiary/aromatic N) is 1. The van der Waals surface area contributed by atoms with Gasteiger partial charge in [-0.15, -0.1) is 0 Å². The van der Waals surface area contributed by atoms with E-state index in [-0.39, 0.29) is 26.3 Å². The third kappa shape index (κ3) is 4.34. The van der Waals surface area contributed by atoms with Crippen LogP contribution in [-0.2, 0) is 9.53 Å². The summed E-state index contributed by atoms with van der Waals surface area (Å²) in [5.41, 5.74) is 0.529. The monoisotopic (exact) mass is 358 g/mol. The Balaban J connectivity index is 1.94. The number of ether oxygens (including phenoxy) is 1. The van der Waals surface area contributed by atoms with Gasteiger partial charge in [-0.2, -0.15) is 0 Å². The van der Waals surface area contributed by atoms with Crippen LogP contribution in [0.3, 0.4) is 0 Å². The molecule has 0 fully saturated rings. The van der Waals surface area contributed by atoms with E-state index >= 15 is 0 Å². The van der Waals surface area contributed by atoms with Crippen LogP contribution in [0.1, 0.15) is 10.4 Å². The Bertz CT molecular complexity index is 708. The van der Waals surface area contributed by atoms with E-state index in [1.165, 1.54) is 30.6 Å². The molecule has 0 atom stereocenters. The van der Waals surface area contributed by atoms with Gasteiger partial charge < -0.3 is 10.1 Å². The lowest BCUT2D eigenvalue weighted by atomic mass is 10.3. The molecule has 114 valence electrons. The molecular weight excluding hydrogens is 351 g/mol. The SMILES string of the molecule is O=C(COC(=O)c1cccnc1)Nc1cc(Cl)c(Cl)cc1Cl. The van der Waals surface area contributed by atoms with Crippen LogP contribution in [0.4, 0.5) is 5.69 Å². The number of aromatic nitrogens is 1. The molecule has 5 nitrogen and oxygen atoms in total. The quantitative estimate of drug-likeness (QED) is 0.665. The number of pyridine rings is 1. The smallest absolute Gasteiger partial charge is 0.340 e. The number of benzene rings is 1. The highest BCUT2D eigenvalue weighted by molar-refractivity contribution is 6.44. The number of hydrogen-bond acceptors (Lipinski definition) is 4. The normalized spacial score (nSPS) is 10.1. The lowest BCUT2D eigenvalue weighted by Crippen LogP contribution is -2.21. The van der Waals surface area contributed by atoms with Crippen LogP contribution >= 0.6 is 34.8 Å². The van der Waals surface area contributed by atoms with Gasteiger partial charge in [0.2, 0.25) is 0 Å². The summed E-state index contributed by atoms with van der Waals surface area (Å²) in [7, 11) is 0. The second-order valence-corrected chi connectivity index (χ2v) is 5.33. The lowest BCUT2D eigenvalue weighted by molar-refractivity contribution is -0.119. The number of carbonyl (C=O) groups is 2. The molecule has 0 saturated carbocycles. The minimum atomic E-state index is -0.650. The third-order valence-corrected chi connectivity index (χ3v) is 3.55. The van der Waals surface area contributed by atoms with Gasteiger partial charge in [0.1, 0.15) is 0 Å². The topological polar surface area (TPSA) is 68.3 Å². The molecule has 2 rings (SSSR count). The third-order valence-electron chi connectivity index (χ3n) is 2.52. The predicted octanol–water partition coefficient (Wildman–Crippen LogP) is 3.84. The first-order chi connectivity index (χ1) is 10.5. The highest BCUT2D eigenvalue weighted by Gasteiger charge is 2.12. The van der Waals surface area contributed by atoms with Gasteiger partial charge in [-0.1, -0.05) is 34.8 Å². The number of hydrogen-bond donors (Lipinski definition) is 1. The molecular formula is C14H9Cl3N2O3. The number of anilines is 1. The lowest BCUT2D eigenvalue weighted by Gasteiger charge is -2.09. The Kier molecular flexibility index (Phi) is 5.60. The molecule has 1 aromatic carbocycles. The van der Waals surface area contributed by atoms with Crippen molar-refractivity contribution < 1.29 is 14.3 Å². The molecule has 8 heteroatoms. The molecule has 2 aromatic rings. The van der Waals surface area contributed by atoms with Crippen LogP contribution in [0, 0.1) is 0 Å². The van der Waals surface area contributed by atoms with E-state index in [4.69, 9.17) is 39.5 Å². The van der Waals surface area contributed by atoms with E-state index in [2.05, 4.69) is 10.3 Å². The highest BCUT2D eigenvalue weighted by Crippen LogP contribution is 2.32. The van der Waals surface area contributed by atoms with E-state index < -0.39 is 18.5 Å². The van der Waals surface area contributed by atoms with Crippen molar-refractivity contribution in [3.63, 3.8) is 0 Å². The molecule has 0 unspecified atom stereocenters. The number of rotatable bonds is 4. The molecule has 1 heterocycles. The van der Waals surface area contributed by atoms with Gasteiger partial charge in [-0.25, -0.2) is 4.79 Å². The molecule has 0 bridgehead atoms. The number of halogens is 3. The van der Waals surface area contributed by atoms with Crippen LogP contribution in [0.15, 0.2) is 36.7 Å². The number of amides is 1. The van der Waals surface area contributed by atoms with Gasteiger partial charge in [0.25, 0.3) is 5.91 Å². The molecule has 1 N–H and O–H groups in total. The Morgan fingerprint density at radius 2 is 1.86 bits per heavy atom. The first-order valence-corrected chi connectivity index (χ1v) is 7.12. The van der Waals surface area contributed by atoms with E-state index in [0.717, 1.165) is 0 Å². The fourth-order valence-electron chi connectivity index (χ4n) is 1.50. The van der Waals surface area contributed by atoms with Crippen molar-refractivity contribution in [2.75, 3.05) is 11.9 Å². The van der Waals surface area contributed by atoms with Crippen molar-refractivity contribution >= 4 is 52.4 Å². The van der Waals surface area contributed by atoms with E-state index in [1.807, 2.05) is 0 Å². The average Bonchev–Trinajstić information content (AvgIpc) is 2.51. The van der Waals surface area contributed by atoms with Gasteiger partial charge in [0.15, 0.2) is 6.61 Å². The molecule has 1 aromatic heterocycles. The standard InChI is InChI=1S/C14H9Cl3N2O3/c15-9-4-11(17)12(5-10(9)16)19-13(20)7-22-14(21)8-2-1-3-18-6-8/h1-6H,7H2,(H,19,20). The molecule has 0 saturated heterocycles. The average molecular weight is 360 g/mol. The second kappa shape index (κ2) is 7.45. The van der Waals surface area contributed by atoms with Crippen LogP contribution < -0.4 is 5.32 Å². The van der Waals surface area contributed by atoms with Crippen molar-refractivity contribution in [2.24, 2.45) is 0 Å². The Morgan fingerprint density at radius 1 is 1.14 bits per heavy atom. The maximum Gasteiger partial charge on any atom is 0.340 e. The second-order valence-electron chi connectivity index (χ2n) is 4.11. The van der Waals surface area contributed by atoms with Crippen molar-refractivity contribution in [1.29, 1.82) is 0 Å². The summed E-state index contributed by atoms with van der Waals surface area (Å²) in [6.07, 6.45) is 2.87. The summed E-state index contributed by atoms with van der Waals surface area (Å²) in [5.74, 6) is -1.21. The summed E-state index contributed by atoms with van der Waals surface area (Å²) in [4.78, 5) is 27.2. The molecule has 0 aliphatic heterocycles. The fraction of sp³-hybridized carbons (Fsp3) is 0.0714. The molecule has 0 spiro atoms. The summed E-state index contributed by atoms with van der Waals surface area (Å²) < 4.78 is 4.86. The molecule has 0 radical (unpaired) electrons. The van der Waals surface area contributed by atoms with Gasteiger partial charge >= 0.3 is 5.97 Å². The van der Waals surface area contributed by atoms with Gasteiger partial charge in [-0.3, -0.25) is 9.78 Å². The van der Waals surface area contributed by atoms with E-state index in [1.54, 1.807) is 6.07 Å². The zero-order valence-corrected chi connectivity index (χ0v) is 13.2. The first-order valence-electron chi connectivity index (χ1n) is 5.99. The van der Waals surface area contributed by atoms with Crippen molar-refractivity contribution in [3.8, 4) is 0 Å². The Labute approximate surface area is 141 Å². The first kappa shape index (κ1) is 16.5. The fourth-order valence-corrected chi connectivity index (χ4v) is 2.10. The molecule has 1 amide bonds. The predicted molar refractivity (Wildman–Crippen MR) is 84.6 cm³/mol. The molecule has 0 aliphatic rings. The highest BCUT2D eigenvalue weighted by atomic mass is 35.5. The van der Waals surface area contributed by atoms with Crippen LogP contribution in [0.25, 0.3) is 0 Å². The summed E-state index contributed by atoms with van der Waals surface area (Å²) in [5, 5.41) is 3.22. The number of esters is 1. The zero-order chi connectivity index (χ0) is 16.1. The van der Waals surface area contributed by atoms with Crippen LogP contribution in [0.2, 0.25) is 15.1 Å². The summed E-state index contributed by atoms with van der Waals surface area (Å²) in [6, 6.07) is 5.94. The Hall–Kier alpha value is -1.82. The molecule has 0 aliphatic carbocycles. The maximum atomic E-state index is 11.8. The van der Waals surface area contributed by atoms with E-state index in [9.17, 15) is 9.59 Å². The summed E-state index contributed by atoms with van der Waals surface area (Å²) >= 11 is 17.6. The number of carbonyl (C=O) groups excluding carboxylic acids is 2. The Morgan fingerprint density at radius 3 is 2.55 bits per heavy atom. The van der Waals surface area contributed by atoms with Crippen LogP contribution in [0.5, 0.6) is 0 Å².